The van der Waals surface area contributed by atoms with Gasteiger partial charge in [-0.3, -0.25) is 9.80 Å². The number of likely N-dealkylation sites (tertiary alicyclic amines) is 1. The number of hydrogen-bond acceptors (Lipinski definition) is 2. The van der Waals surface area contributed by atoms with Crippen LogP contribution in [0.15, 0.2) is 18.2 Å². The van der Waals surface area contributed by atoms with Crippen molar-refractivity contribution < 1.29 is 4.39 Å². The topological polar surface area (TPSA) is 6.48 Å². The summed E-state index contributed by atoms with van der Waals surface area (Å²) in [7, 11) is 0. The largest absolute Gasteiger partial charge is 0.299 e. The summed E-state index contributed by atoms with van der Waals surface area (Å²) in [5.74, 6) is -0.00112. The molecule has 2 nitrogen and oxygen atoms in total. The molecule has 3 heteroatoms. The highest BCUT2D eigenvalue weighted by atomic mass is 19.1. The fourth-order valence-corrected chi connectivity index (χ4v) is 4.91. The van der Waals surface area contributed by atoms with Crippen molar-refractivity contribution in [2.75, 3.05) is 19.6 Å². The fraction of sp³-hybridized carbons (Fsp3) is 0.667. The molecule has 0 radical (unpaired) electrons. The first-order valence-corrected chi connectivity index (χ1v) is 8.50. The van der Waals surface area contributed by atoms with Crippen LogP contribution in [0.3, 0.4) is 0 Å². The van der Waals surface area contributed by atoms with E-state index in [9.17, 15) is 4.39 Å². The Balaban J connectivity index is 1.32. The van der Waals surface area contributed by atoms with Gasteiger partial charge in [0, 0.05) is 49.2 Å². The number of nitrogens with zero attached hydrogens (tertiary/aromatic N) is 2. The van der Waals surface area contributed by atoms with E-state index in [2.05, 4.69) is 15.9 Å². The van der Waals surface area contributed by atoms with E-state index in [0.29, 0.717) is 11.5 Å². The van der Waals surface area contributed by atoms with Gasteiger partial charge in [0.15, 0.2) is 0 Å². The molecule has 2 heterocycles. The lowest BCUT2D eigenvalue weighted by Crippen LogP contribution is -2.71. The molecule has 1 spiro atoms. The number of halogens is 1. The van der Waals surface area contributed by atoms with Crippen LogP contribution in [0.5, 0.6) is 0 Å². The SMILES string of the molecule is Fc1cccc2c1CN(C1CCC13CN(C1CC1)C3)CC2. The van der Waals surface area contributed by atoms with Crippen molar-refractivity contribution in [3.8, 4) is 0 Å². The first-order chi connectivity index (χ1) is 10.3. The van der Waals surface area contributed by atoms with Gasteiger partial charge in [-0.05, 0) is 43.7 Å². The van der Waals surface area contributed by atoms with E-state index in [1.54, 1.807) is 6.07 Å². The van der Waals surface area contributed by atoms with Crippen molar-refractivity contribution in [2.24, 2.45) is 5.41 Å². The number of rotatable bonds is 2. The van der Waals surface area contributed by atoms with Gasteiger partial charge in [-0.15, -0.1) is 0 Å². The number of hydrogen-bond donors (Lipinski definition) is 0. The molecule has 1 aromatic carbocycles. The zero-order valence-corrected chi connectivity index (χ0v) is 12.5. The Kier molecular flexibility index (Phi) is 2.58. The minimum Gasteiger partial charge on any atom is -0.299 e. The quantitative estimate of drug-likeness (QED) is 0.825. The van der Waals surface area contributed by atoms with Crippen LogP contribution in [0.2, 0.25) is 0 Å². The van der Waals surface area contributed by atoms with Crippen LogP contribution in [0.25, 0.3) is 0 Å². The Morgan fingerprint density at radius 2 is 1.95 bits per heavy atom. The molecular formula is C18H23FN2. The standard InChI is InChI=1S/C18H23FN2/c19-16-3-1-2-13-7-9-20(10-15(13)16)17-6-8-18(17)11-21(12-18)14-4-5-14/h1-3,14,17H,4-12H2. The smallest absolute Gasteiger partial charge is 0.127 e. The summed E-state index contributed by atoms with van der Waals surface area (Å²) in [4.78, 5) is 5.27. The molecule has 5 rings (SSSR count). The van der Waals surface area contributed by atoms with Crippen molar-refractivity contribution in [1.82, 2.24) is 9.80 Å². The molecule has 2 aliphatic heterocycles. The van der Waals surface area contributed by atoms with Crippen LogP contribution in [0, 0.1) is 11.2 Å². The average Bonchev–Trinajstić information content (AvgIpc) is 3.22. The second-order valence-electron chi connectivity index (χ2n) is 7.65. The first-order valence-electron chi connectivity index (χ1n) is 8.50. The Morgan fingerprint density at radius 3 is 2.67 bits per heavy atom. The first kappa shape index (κ1) is 12.6. The predicted octanol–water partition coefficient (Wildman–Crippen LogP) is 2.81. The second-order valence-corrected chi connectivity index (χ2v) is 7.65. The lowest BCUT2D eigenvalue weighted by Gasteiger charge is -2.64. The van der Waals surface area contributed by atoms with Crippen molar-refractivity contribution in [1.29, 1.82) is 0 Å². The second kappa shape index (κ2) is 4.30. The molecule has 1 saturated heterocycles. The molecule has 1 aromatic rings. The third-order valence-electron chi connectivity index (χ3n) is 6.41. The Bertz CT molecular complexity index is 575. The maximum atomic E-state index is 14.1. The van der Waals surface area contributed by atoms with Crippen LogP contribution < -0.4 is 0 Å². The van der Waals surface area contributed by atoms with E-state index >= 15 is 0 Å². The highest BCUT2D eigenvalue weighted by Crippen LogP contribution is 2.54. The van der Waals surface area contributed by atoms with Gasteiger partial charge in [0.05, 0.1) is 0 Å². The summed E-state index contributed by atoms with van der Waals surface area (Å²) < 4.78 is 14.1. The van der Waals surface area contributed by atoms with Crippen LogP contribution in [-0.2, 0) is 13.0 Å². The van der Waals surface area contributed by atoms with Crippen molar-refractivity contribution in [3.63, 3.8) is 0 Å². The van der Waals surface area contributed by atoms with E-state index < -0.39 is 0 Å². The predicted molar refractivity (Wildman–Crippen MR) is 80.6 cm³/mol. The van der Waals surface area contributed by atoms with Gasteiger partial charge in [-0.1, -0.05) is 12.1 Å². The molecule has 21 heavy (non-hydrogen) atoms. The van der Waals surface area contributed by atoms with Crippen molar-refractivity contribution in [2.45, 2.75) is 50.7 Å². The summed E-state index contributed by atoms with van der Waals surface area (Å²) in [5.41, 5.74) is 2.75. The van der Waals surface area contributed by atoms with Gasteiger partial charge in [-0.2, -0.15) is 0 Å². The van der Waals surface area contributed by atoms with Gasteiger partial charge in [-0.25, -0.2) is 4.39 Å². The zero-order valence-electron chi connectivity index (χ0n) is 12.5. The van der Waals surface area contributed by atoms with Crippen LogP contribution >= 0.6 is 0 Å². The van der Waals surface area contributed by atoms with E-state index in [-0.39, 0.29) is 5.82 Å². The summed E-state index contributed by atoms with van der Waals surface area (Å²) in [6.45, 7) is 4.57. The summed E-state index contributed by atoms with van der Waals surface area (Å²) in [6, 6.07) is 7.20. The molecule has 0 bridgehead atoms. The Hall–Kier alpha value is -0.930. The minimum atomic E-state index is -0.00112. The molecule has 2 aliphatic carbocycles. The third-order valence-corrected chi connectivity index (χ3v) is 6.41. The van der Waals surface area contributed by atoms with Gasteiger partial charge >= 0.3 is 0 Å². The monoisotopic (exact) mass is 286 g/mol. The molecule has 0 amide bonds. The van der Waals surface area contributed by atoms with Crippen molar-refractivity contribution in [3.05, 3.63) is 35.1 Å². The van der Waals surface area contributed by atoms with E-state index in [0.717, 1.165) is 31.1 Å². The molecule has 112 valence electrons. The summed E-state index contributed by atoms with van der Waals surface area (Å²) in [6.07, 6.45) is 6.57. The van der Waals surface area contributed by atoms with Gasteiger partial charge in [0.1, 0.15) is 5.82 Å². The molecule has 2 saturated carbocycles. The molecule has 3 fully saturated rings. The highest BCUT2D eigenvalue weighted by Gasteiger charge is 2.58. The Morgan fingerprint density at radius 1 is 1.10 bits per heavy atom. The fourth-order valence-electron chi connectivity index (χ4n) is 4.91. The normalized spacial score (nSPS) is 31.6. The molecular weight excluding hydrogens is 263 g/mol. The zero-order chi connectivity index (χ0) is 14.0. The van der Waals surface area contributed by atoms with Gasteiger partial charge in [0.2, 0.25) is 0 Å². The number of benzene rings is 1. The van der Waals surface area contributed by atoms with E-state index in [1.165, 1.54) is 44.3 Å². The average molecular weight is 286 g/mol. The van der Waals surface area contributed by atoms with Crippen LogP contribution in [0.4, 0.5) is 4.39 Å². The van der Waals surface area contributed by atoms with Gasteiger partial charge in [0.25, 0.3) is 0 Å². The molecule has 4 aliphatic rings. The van der Waals surface area contributed by atoms with Crippen molar-refractivity contribution >= 4 is 0 Å². The lowest BCUT2D eigenvalue weighted by molar-refractivity contribution is -0.138. The van der Waals surface area contributed by atoms with Gasteiger partial charge < -0.3 is 0 Å². The molecule has 1 unspecified atom stereocenters. The Labute approximate surface area is 125 Å². The summed E-state index contributed by atoms with van der Waals surface area (Å²) >= 11 is 0. The van der Waals surface area contributed by atoms with Crippen LogP contribution in [-0.4, -0.2) is 41.5 Å². The maximum Gasteiger partial charge on any atom is 0.127 e. The van der Waals surface area contributed by atoms with E-state index in [1.807, 2.05) is 6.07 Å². The molecule has 0 N–H and O–H groups in total. The summed E-state index contributed by atoms with van der Waals surface area (Å²) in [5, 5.41) is 0. The van der Waals surface area contributed by atoms with E-state index in [4.69, 9.17) is 0 Å². The highest BCUT2D eigenvalue weighted by molar-refractivity contribution is 5.31. The third kappa shape index (κ3) is 1.83. The maximum absolute atomic E-state index is 14.1. The molecule has 1 atom stereocenters. The van der Waals surface area contributed by atoms with Crippen LogP contribution in [0.1, 0.15) is 36.8 Å². The lowest BCUT2D eigenvalue weighted by atomic mass is 9.58. The number of fused-ring (bicyclic) bond motifs is 1. The molecule has 0 aromatic heterocycles. The minimum absolute atomic E-state index is 0.00112.